The lowest BCUT2D eigenvalue weighted by molar-refractivity contribution is 0.0954. The Morgan fingerprint density at radius 3 is 2.38 bits per heavy atom. The summed E-state index contributed by atoms with van der Waals surface area (Å²) in [4.78, 5) is 11.9. The van der Waals surface area contributed by atoms with Crippen LogP contribution in [0.3, 0.4) is 0 Å². The van der Waals surface area contributed by atoms with Gasteiger partial charge >= 0.3 is 0 Å². The van der Waals surface area contributed by atoms with E-state index in [1.165, 1.54) is 24.3 Å². The predicted octanol–water partition coefficient (Wildman–Crippen LogP) is 3.56. The molecule has 0 spiro atoms. The second-order valence-electron chi connectivity index (χ2n) is 4.64. The Morgan fingerprint density at radius 1 is 1.10 bits per heavy atom. The van der Waals surface area contributed by atoms with Crippen molar-refractivity contribution < 1.29 is 9.18 Å². The lowest BCUT2D eigenvalue weighted by Gasteiger charge is -2.05. The summed E-state index contributed by atoms with van der Waals surface area (Å²) in [5.74, 6) is -0.706. The highest BCUT2D eigenvalue weighted by atomic mass is 19.1. The summed E-state index contributed by atoms with van der Waals surface area (Å²) in [7, 11) is 0. The SMILES string of the molecule is CC/C(Cc1ccccc1)=N\NC(=O)c1ccc(F)cc1. The zero-order valence-electron chi connectivity index (χ0n) is 11.8. The van der Waals surface area contributed by atoms with Gasteiger partial charge in [0.2, 0.25) is 0 Å². The first-order valence-corrected chi connectivity index (χ1v) is 6.84. The molecule has 0 saturated carbocycles. The Balaban J connectivity index is 2.00. The molecular formula is C17H17FN2O. The van der Waals surface area contributed by atoms with Crippen LogP contribution in [0, 0.1) is 5.82 Å². The predicted molar refractivity (Wildman–Crippen MR) is 81.7 cm³/mol. The van der Waals surface area contributed by atoms with Gasteiger partial charge in [-0.05, 0) is 36.2 Å². The van der Waals surface area contributed by atoms with E-state index in [1.54, 1.807) is 0 Å². The van der Waals surface area contributed by atoms with Crippen molar-refractivity contribution in [2.75, 3.05) is 0 Å². The van der Waals surface area contributed by atoms with Gasteiger partial charge in [0.25, 0.3) is 5.91 Å². The highest BCUT2D eigenvalue weighted by Crippen LogP contribution is 2.04. The third-order valence-electron chi connectivity index (χ3n) is 3.08. The number of benzene rings is 2. The zero-order valence-corrected chi connectivity index (χ0v) is 11.8. The van der Waals surface area contributed by atoms with E-state index >= 15 is 0 Å². The van der Waals surface area contributed by atoms with Gasteiger partial charge in [0.05, 0.1) is 0 Å². The molecule has 4 heteroatoms. The molecule has 1 N–H and O–H groups in total. The monoisotopic (exact) mass is 284 g/mol. The van der Waals surface area contributed by atoms with Gasteiger partial charge in [-0.2, -0.15) is 5.10 Å². The van der Waals surface area contributed by atoms with E-state index in [9.17, 15) is 9.18 Å². The second-order valence-corrected chi connectivity index (χ2v) is 4.64. The average molecular weight is 284 g/mol. The molecule has 0 aliphatic carbocycles. The Bertz CT molecular complexity index is 621. The van der Waals surface area contributed by atoms with E-state index in [-0.39, 0.29) is 11.7 Å². The fraction of sp³-hybridized carbons (Fsp3) is 0.176. The van der Waals surface area contributed by atoms with Crippen LogP contribution < -0.4 is 5.43 Å². The largest absolute Gasteiger partial charge is 0.271 e. The fourth-order valence-electron chi connectivity index (χ4n) is 1.87. The van der Waals surface area contributed by atoms with Crippen molar-refractivity contribution >= 4 is 11.6 Å². The minimum absolute atomic E-state index is 0.339. The van der Waals surface area contributed by atoms with Crippen LogP contribution in [0.5, 0.6) is 0 Å². The van der Waals surface area contributed by atoms with Crippen LogP contribution in [0.25, 0.3) is 0 Å². The summed E-state index contributed by atoms with van der Waals surface area (Å²) in [6.45, 7) is 1.99. The summed E-state index contributed by atoms with van der Waals surface area (Å²) in [5.41, 5.74) is 4.93. The van der Waals surface area contributed by atoms with Crippen LogP contribution in [0.4, 0.5) is 4.39 Å². The maximum atomic E-state index is 12.8. The second kappa shape index (κ2) is 7.33. The van der Waals surface area contributed by atoms with Crippen molar-refractivity contribution in [1.82, 2.24) is 5.43 Å². The molecule has 2 aromatic carbocycles. The molecule has 3 nitrogen and oxygen atoms in total. The first-order chi connectivity index (χ1) is 10.2. The molecule has 0 radical (unpaired) electrons. The smallest absolute Gasteiger partial charge is 0.267 e. The Labute approximate surface area is 123 Å². The van der Waals surface area contributed by atoms with Crippen molar-refractivity contribution in [3.05, 3.63) is 71.5 Å². The first-order valence-electron chi connectivity index (χ1n) is 6.84. The van der Waals surface area contributed by atoms with Crippen molar-refractivity contribution in [2.24, 2.45) is 5.10 Å². The quantitative estimate of drug-likeness (QED) is 0.662. The number of nitrogens with zero attached hydrogens (tertiary/aromatic N) is 1. The van der Waals surface area contributed by atoms with Gasteiger partial charge in [0.15, 0.2) is 0 Å². The number of carbonyl (C=O) groups is 1. The molecule has 0 aliphatic heterocycles. The van der Waals surface area contributed by atoms with Crippen LogP contribution >= 0.6 is 0 Å². The van der Waals surface area contributed by atoms with Crippen molar-refractivity contribution in [1.29, 1.82) is 0 Å². The van der Waals surface area contributed by atoms with Crippen LogP contribution in [-0.4, -0.2) is 11.6 Å². The van der Waals surface area contributed by atoms with Crippen LogP contribution in [0.1, 0.15) is 29.3 Å². The van der Waals surface area contributed by atoms with Gasteiger partial charge in [-0.25, -0.2) is 9.82 Å². The molecule has 0 saturated heterocycles. The molecule has 1 amide bonds. The molecule has 0 atom stereocenters. The van der Waals surface area contributed by atoms with E-state index in [0.717, 1.165) is 17.7 Å². The number of hydrazone groups is 1. The molecular weight excluding hydrogens is 267 g/mol. The summed E-state index contributed by atoms with van der Waals surface area (Å²) in [6, 6.07) is 15.3. The normalized spacial score (nSPS) is 11.2. The number of halogens is 1. The van der Waals surface area contributed by atoms with Gasteiger partial charge in [-0.1, -0.05) is 37.3 Å². The summed E-state index contributed by atoms with van der Waals surface area (Å²) in [6.07, 6.45) is 1.44. The number of hydrogen-bond acceptors (Lipinski definition) is 2. The van der Waals surface area contributed by atoms with Crippen LogP contribution in [-0.2, 0) is 6.42 Å². The molecule has 0 bridgehead atoms. The highest BCUT2D eigenvalue weighted by molar-refractivity contribution is 5.95. The summed E-state index contributed by atoms with van der Waals surface area (Å²) >= 11 is 0. The van der Waals surface area contributed by atoms with Crippen molar-refractivity contribution in [2.45, 2.75) is 19.8 Å². The van der Waals surface area contributed by atoms with E-state index < -0.39 is 0 Å². The van der Waals surface area contributed by atoms with Gasteiger partial charge in [-0.3, -0.25) is 4.79 Å². The molecule has 2 rings (SSSR count). The third-order valence-corrected chi connectivity index (χ3v) is 3.08. The first kappa shape index (κ1) is 14.9. The number of hydrogen-bond donors (Lipinski definition) is 1. The molecule has 108 valence electrons. The Hall–Kier alpha value is -2.49. The zero-order chi connectivity index (χ0) is 15.1. The summed E-state index contributed by atoms with van der Waals surface area (Å²) in [5, 5.41) is 4.16. The standard InChI is InChI=1S/C17H17FN2O/c1-2-16(12-13-6-4-3-5-7-13)19-20-17(21)14-8-10-15(18)11-9-14/h3-11H,2,12H2,1H3,(H,20,21)/b19-16+. The molecule has 21 heavy (non-hydrogen) atoms. The van der Waals surface area contributed by atoms with E-state index in [1.807, 2.05) is 37.3 Å². The van der Waals surface area contributed by atoms with Crippen molar-refractivity contribution in [3.63, 3.8) is 0 Å². The molecule has 0 aliphatic rings. The van der Waals surface area contributed by atoms with Crippen LogP contribution in [0.2, 0.25) is 0 Å². The van der Waals surface area contributed by atoms with Crippen LogP contribution in [0.15, 0.2) is 59.7 Å². The molecule has 0 heterocycles. The topological polar surface area (TPSA) is 41.5 Å². The lowest BCUT2D eigenvalue weighted by atomic mass is 10.1. The minimum Gasteiger partial charge on any atom is -0.267 e. The number of amides is 1. The van der Waals surface area contributed by atoms with E-state index in [2.05, 4.69) is 10.5 Å². The van der Waals surface area contributed by atoms with E-state index in [4.69, 9.17) is 0 Å². The third kappa shape index (κ3) is 4.53. The number of carbonyl (C=O) groups excluding carboxylic acids is 1. The van der Waals surface area contributed by atoms with Gasteiger partial charge in [0, 0.05) is 17.7 Å². The highest BCUT2D eigenvalue weighted by Gasteiger charge is 2.05. The number of nitrogens with one attached hydrogen (secondary N) is 1. The van der Waals surface area contributed by atoms with Gasteiger partial charge < -0.3 is 0 Å². The number of rotatable bonds is 5. The average Bonchev–Trinajstić information content (AvgIpc) is 2.52. The Kier molecular flexibility index (Phi) is 5.21. The molecule has 0 aromatic heterocycles. The van der Waals surface area contributed by atoms with E-state index in [0.29, 0.717) is 12.0 Å². The van der Waals surface area contributed by atoms with Gasteiger partial charge in [-0.15, -0.1) is 0 Å². The minimum atomic E-state index is -0.367. The van der Waals surface area contributed by atoms with Crippen molar-refractivity contribution in [3.8, 4) is 0 Å². The Morgan fingerprint density at radius 2 is 1.76 bits per heavy atom. The molecule has 0 unspecified atom stereocenters. The maximum Gasteiger partial charge on any atom is 0.271 e. The fourth-order valence-corrected chi connectivity index (χ4v) is 1.87. The lowest BCUT2D eigenvalue weighted by Crippen LogP contribution is -2.20. The molecule has 2 aromatic rings. The molecule has 0 fully saturated rings. The summed E-state index contributed by atoms with van der Waals surface area (Å²) < 4.78 is 12.8. The maximum absolute atomic E-state index is 12.8. The van der Waals surface area contributed by atoms with Gasteiger partial charge in [0.1, 0.15) is 5.82 Å².